The minimum Gasteiger partial charge on any atom is -0.282 e. The molecule has 0 aliphatic rings. The molecule has 0 saturated carbocycles. The molecule has 0 atom stereocenters. The topological polar surface area (TPSA) is 78.0 Å². The minimum absolute atomic E-state index is 0.0698. The highest BCUT2D eigenvalue weighted by molar-refractivity contribution is 5.90. The Labute approximate surface area is 119 Å². The Morgan fingerprint density at radius 1 is 1.19 bits per heavy atom. The van der Waals surface area contributed by atoms with Crippen LogP contribution in [-0.2, 0) is 0 Å². The number of benzene rings is 1. The molecular weight excluding hydrogens is 270 g/mol. The van der Waals surface area contributed by atoms with Gasteiger partial charge in [-0.15, -0.1) is 0 Å². The number of nitro benzene ring substituents is 1. The molecule has 0 aliphatic carbocycles. The molecule has 0 saturated heterocycles. The standard InChI is InChI=1S/C15H11N3O3/c1-10-5-7-16-9-14(10)17-8-6-11-12(15(17)19)3-2-4-13(11)18(20)21/h2-9H,1H3. The zero-order chi connectivity index (χ0) is 15.0. The average molecular weight is 281 g/mol. The first-order valence-corrected chi connectivity index (χ1v) is 6.29. The summed E-state index contributed by atoms with van der Waals surface area (Å²) in [5, 5.41) is 11.7. The van der Waals surface area contributed by atoms with E-state index in [1.807, 2.05) is 6.92 Å². The fourth-order valence-corrected chi connectivity index (χ4v) is 2.32. The molecule has 0 unspecified atom stereocenters. The summed E-state index contributed by atoms with van der Waals surface area (Å²) in [6.45, 7) is 1.88. The van der Waals surface area contributed by atoms with Gasteiger partial charge in [-0.1, -0.05) is 6.07 Å². The van der Waals surface area contributed by atoms with Crippen LogP contribution in [-0.4, -0.2) is 14.5 Å². The van der Waals surface area contributed by atoms with Gasteiger partial charge >= 0.3 is 0 Å². The molecular formula is C15H11N3O3. The summed E-state index contributed by atoms with van der Waals surface area (Å²) in [5.74, 6) is 0. The third kappa shape index (κ3) is 2.06. The molecule has 0 radical (unpaired) electrons. The first-order chi connectivity index (χ1) is 10.1. The molecule has 0 spiro atoms. The van der Waals surface area contributed by atoms with E-state index in [1.54, 1.807) is 36.8 Å². The third-order valence-electron chi connectivity index (χ3n) is 3.39. The van der Waals surface area contributed by atoms with Crippen molar-refractivity contribution in [3.63, 3.8) is 0 Å². The van der Waals surface area contributed by atoms with E-state index < -0.39 is 4.92 Å². The van der Waals surface area contributed by atoms with E-state index in [0.29, 0.717) is 16.5 Å². The van der Waals surface area contributed by atoms with Crippen molar-refractivity contribution in [3.8, 4) is 5.69 Å². The molecule has 2 heterocycles. The Morgan fingerprint density at radius 3 is 2.71 bits per heavy atom. The van der Waals surface area contributed by atoms with Gasteiger partial charge in [0.05, 0.1) is 27.6 Å². The molecule has 2 aromatic heterocycles. The second-order valence-corrected chi connectivity index (χ2v) is 4.65. The number of nitrogens with zero attached hydrogens (tertiary/aromatic N) is 3. The average Bonchev–Trinajstić information content (AvgIpc) is 2.48. The lowest BCUT2D eigenvalue weighted by atomic mass is 10.1. The second kappa shape index (κ2) is 4.82. The predicted octanol–water partition coefficient (Wildman–Crippen LogP) is 2.60. The molecule has 6 heteroatoms. The number of aryl methyl sites for hydroxylation is 1. The van der Waals surface area contributed by atoms with Crippen molar-refractivity contribution in [2.75, 3.05) is 0 Å². The van der Waals surface area contributed by atoms with Gasteiger partial charge in [-0.2, -0.15) is 0 Å². The number of nitro groups is 1. The lowest BCUT2D eigenvalue weighted by molar-refractivity contribution is -0.383. The SMILES string of the molecule is Cc1ccncc1-n1ccc2c([N+](=O)[O-])cccc2c1=O. The molecule has 1 aromatic carbocycles. The van der Waals surface area contributed by atoms with Crippen LogP contribution in [0.2, 0.25) is 0 Å². The summed E-state index contributed by atoms with van der Waals surface area (Å²) in [4.78, 5) is 27.1. The van der Waals surface area contributed by atoms with Crippen LogP contribution in [0.5, 0.6) is 0 Å². The molecule has 0 aliphatic heterocycles. The van der Waals surface area contributed by atoms with Crippen LogP contribution in [0.4, 0.5) is 5.69 Å². The van der Waals surface area contributed by atoms with Crippen LogP contribution < -0.4 is 5.56 Å². The van der Waals surface area contributed by atoms with Crippen LogP contribution in [0.1, 0.15) is 5.56 Å². The quantitative estimate of drug-likeness (QED) is 0.534. The number of hydrogen-bond donors (Lipinski definition) is 0. The Hall–Kier alpha value is -3.02. The van der Waals surface area contributed by atoms with E-state index in [1.165, 1.54) is 16.7 Å². The summed E-state index contributed by atoms with van der Waals surface area (Å²) in [6, 6.07) is 7.89. The van der Waals surface area contributed by atoms with Gasteiger partial charge in [-0.3, -0.25) is 24.5 Å². The van der Waals surface area contributed by atoms with Crippen LogP contribution in [0.3, 0.4) is 0 Å². The molecule has 6 nitrogen and oxygen atoms in total. The number of rotatable bonds is 2. The third-order valence-corrected chi connectivity index (χ3v) is 3.39. The number of hydrogen-bond acceptors (Lipinski definition) is 4. The molecule has 3 aromatic rings. The van der Waals surface area contributed by atoms with Crippen molar-refractivity contribution in [1.29, 1.82) is 0 Å². The van der Waals surface area contributed by atoms with Crippen molar-refractivity contribution in [2.24, 2.45) is 0 Å². The minimum atomic E-state index is -0.485. The van der Waals surface area contributed by atoms with Crippen molar-refractivity contribution in [3.05, 3.63) is 75.0 Å². The van der Waals surface area contributed by atoms with Crippen LogP contribution in [0.25, 0.3) is 16.5 Å². The summed E-state index contributed by atoms with van der Waals surface area (Å²) >= 11 is 0. The Balaban J connectivity index is 2.35. The molecule has 0 fully saturated rings. The molecule has 0 N–H and O–H groups in total. The first kappa shape index (κ1) is 13.0. The van der Waals surface area contributed by atoms with Gasteiger partial charge in [0, 0.05) is 18.5 Å². The lowest BCUT2D eigenvalue weighted by Crippen LogP contribution is -2.18. The largest absolute Gasteiger partial charge is 0.282 e. The van der Waals surface area contributed by atoms with Crippen molar-refractivity contribution in [2.45, 2.75) is 6.92 Å². The zero-order valence-electron chi connectivity index (χ0n) is 11.2. The van der Waals surface area contributed by atoms with E-state index in [4.69, 9.17) is 0 Å². The maximum Gasteiger partial charge on any atom is 0.277 e. The monoisotopic (exact) mass is 281 g/mol. The van der Waals surface area contributed by atoms with Crippen LogP contribution in [0, 0.1) is 17.0 Å². The van der Waals surface area contributed by atoms with Crippen molar-refractivity contribution >= 4 is 16.5 Å². The smallest absolute Gasteiger partial charge is 0.277 e. The summed E-state index contributed by atoms with van der Waals surface area (Å²) in [6.07, 6.45) is 4.79. The van der Waals surface area contributed by atoms with Gasteiger partial charge in [0.15, 0.2) is 0 Å². The maximum absolute atomic E-state index is 12.6. The van der Waals surface area contributed by atoms with E-state index in [9.17, 15) is 14.9 Å². The van der Waals surface area contributed by atoms with E-state index in [-0.39, 0.29) is 11.2 Å². The zero-order valence-corrected chi connectivity index (χ0v) is 11.2. The van der Waals surface area contributed by atoms with Gasteiger partial charge in [0.25, 0.3) is 11.2 Å². The normalized spacial score (nSPS) is 10.7. The van der Waals surface area contributed by atoms with Gasteiger partial charge in [-0.25, -0.2) is 0 Å². The Bertz CT molecular complexity index is 915. The number of non-ortho nitro benzene ring substituents is 1. The van der Waals surface area contributed by atoms with E-state index >= 15 is 0 Å². The predicted molar refractivity (Wildman–Crippen MR) is 78.7 cm³/mol. The highest BCUT2D eigenvalue weighted by Gasteiger charge is 2.14. The van der Waals surface area contributed by atoms with Gasteiger partial charge in [-0.05, 0) is 30.7 Å². The number of pyridine rings is 2. The number of aromatic nitrogens is 2. The lowest BCUT2D eigenvalue weighted by Gasteiger charge is -2.09. The highest BCUT2D eigenvalue weighted by Crippen LogP contribution is 2.23. The molecule has 104 valence electrons. The van der Waals surface area contributed by atoms with Gasteiger partial charge < -0.3 is 0 Å². The van der Waals surface area contributed by atoms with Gasteiger partial charge in [0.2, 0.25) is 0 Å². The molecule has 21 heavy (non-hydrogen) atoms. The first-order valence-electron chi connectivity index (χ1n) is 6.29. The Kier molecular flexibility index (Phi) is 2.98. The summed E-state index contributed by atoms with van der Waals surface area (Å²) < 4.78 is 1.45. The van der Waals surface area contributed by atoms with Crippen molar-refractivity contribution in [1.82, 2.24) is 9.55 Å². The molecule has 3 rings (SSSR count). The van der Waals surface area contributed by atoms with Crippen LogP contribution >= 0.6 is 0 Å². The molecule has 0 amide bonds. The number of fused-ring (bicyclic) bond motifs is 1. The summed E-state index contributed by atoms with van der Waals surface area (Å²) in [5.41, 5.74) is 1.19. The van der Waals surface area contributed by atoms with Gasteiger partial charge in [0.1, 0.15) is 0 Å². The van der Waals surface area contributed by atoms with E-state index in [0.717, 1.165) is 5.56 Å². The fourth-order valence-electron chi connectivity index (χ4n) is 2.32. The van der Waals surface area contributed by atoms with Crippen molar-refractivity contribution < 1.29 is 4.92 Å². The van der Waals surface area contributed by atoms with Crippen LogP contribution in [0.15, 0.2) is 53.7 Å². The Morgan fingerprint density at radius 2 is 2.00 bits per heavy atom. The second-order valence-electron chi connectivity index (χ2n) is 4.65. The molecule has 0 bridgehead atoms. The summed E-state index contributed by atoms with van der Waals surface area (Å²) in [7, 11) is 0. The fraction of sp³-hybridized carbons (Fsp3) is 0.0667. The highest BCUT2D eigenvalue weighted by atomic mass is 16.6. The van der Waals surface area contributed by atoms with E-state index in [2.05, 4.69) is 4.98 Å². The maximum atomic E-state index is 12.6.